The molecule has 0 unspecified atom stereocenters. The second-order valence-electron chi connectivity index (χ2n) is 6.94. The van der Waals surface area contributed by atoms with Crippen molar-refractivity contribution in [1.29, 1.82) is 0 Å². The van der Waals surface area contributed by atoms with Gasteiger partial charge in [-0.25, -0.2) is 8.42 Å². The van der Waals surface area contributed by atoms with E-state index in [1.807, 2.05) is 44.2 Å². The lowest BCUT2D eigenvalue weighted by Crippen LogP contribution is -2.31. The van der Waals surface area contributed by atoms with Crippen molar-refractivity contribution in [3.05, 3.63) is 89.9 Å². The number of benzene rings is 2. The summed E-state index contributed by atoms with van der Waals surface area (Å²) in [4.78, 5) is 12.9. The Morgan fingerprint density at radius 1 is 0.929 bits per heavy atom. The molecule has 1 atom stereocenters. The third-order valence-corrected chi connectivity index (χ3v) is 6.09. The smallest absolute Gasteiger partial charge is 0.287 e. The predicted molar refractivity (Wildman–Crippen MR) is 108 cm³/mol. The second kappa shape index (κ2) is 8.44. The molecular formula is C22H23NO4S. The number of rotatable bonds is 7. The summed E-state index contributed by atoms with van der Waals surface area (Å²) in [6.07, 6.45) is 0. The van der Waals surface area contributed by atoms with Gasteiger partial charge in [-0.15, -0.1) is 0 Å². The van der Waals surface area contributed by atoms with Gasteiger partial charge >= 0.3 is 0 Å². The molecule has 0 radical (unpaired) electrons. The molecule has 2 aromatic carbocycles. The monoisotopic (exact) mass is 397 g/mol. The lowest BCUT2D eigenvalue weighted by molar-refractivity contribution is 0.0896. The number of carbonyl (C=O) groups is 1. The maximum Gasteiger partial charge on any atom is 0.287 e. The number of nitrogens with one attached hydrogen (secondary N) is 1. The average molecular weight is 397 g/mol. The number of hydrogen-bond acceptors (Lipinski definition) is 4. The normalized spacial score (nSPS) is 12.7. The quantitative estimate of drug-likeness (QED) is 0.642. The van der Waals surface area contributed by atoms with Crippen molar-refractivity contribution in [2.45, 2.75) is 30.5 Å². The molecule has 0 bridgehead atoms. The van der Waals surface area contributed by atoms with Crippen molar-refractivity contribution < 1.29 is 17.6 Å². The third kappa shape index (κ3) is 4.70. The van der Waals surface area contributed by atoms with Gasteiger partial charge in [0.1, 0.15) is 11.5 Å². The van der Waals surface area contributed by atoms with Gasteiger partial charge in [0, 0.05) is 0 Å². The maximum atomic E-state index is 12.6. The van der Waals surface area contributed by atoms with Gasteiger partial charge in [0.2, 0.25) is 0 Å². The van der Waals surface area contributed by atoms with E-state index in [-0.39, 0.29) is 40.0 Å². The Bertz CT molecular complexity index is 1020. The van der Waals surface area contributed by atoms with Gasteiger partial charge < -0.3 is 9.73 Å². The first kappa shape index (κ1) is 19.9. The Kier molecular flexibility index (Phi) is 5.99. The molecule has 28 heavy (non-hydrogen) atoms. The summed E-state index contributed by atoms with van der Waals surface area (Å²) in [6, 6.07) is 20.7. The van der Waals surface area contributed by atoms with Crippen LogP contribution in [0.25, 0.3) is 0 Å². The summed E-state index contributed by atoms with van der Waals surface area (Å²) in [5, 5.41) is 2.97. The summed E-state index contributed by atoms with van der Waals surface area (Å²) in [5.41, 5.74) is 1.00. The van der Waals surface area contributed by atoms with E-state index in [0.717, 1.165) is 5.56 Å². The minimum atomic E-state index is -3.53. The SMILES string of the molecule is CC(C)[C@@H](NC(=O)c1ccc(CS(=O)(=O)c2ccccc2)o1)c1ccccc1. The predicted octanol–water partition coefficient (Wildman–Crippen LogP) is 4.38. The minimum absolute atomic E-state index is 0.0971. The molecule has 1 N–H and O–H groups in total. The summed E-state index contributed by atoms with van der Waals surface area (Å²) in [6.45, 7) is 4.05. The van der Waals surface area contributed by atoms with Crippen molar-refractivity contribution in [1.82, 2.24) is 5.32 Å². The molecule has 1 amide bonds. The summed E-state index contributed by atoms with van der Waals surface area (Å²) in [5.74, 6) is -0.156. The second-order valence-corrected chi connectivity index (χ2v) is 8.93. The van der Waals surface area contributed by atoms with Crippen molar-refractivity contribution in [2.75, 3.05) is 0 Å². The van der Waals surface area contributed by atoms with E-state index in [2.05, 4.69) is 5.32 Å². The zero-order chi connectivity index (χ0) is 20.1. The Labute approximate surface area is 165 Å². The van der Waals surface area contributed by atoms with Crippen LogP contribution in [-0.2, 0) is 15.6 Å². The standard InChI is InChI=1S/C22H23NO4S/c1-16(2)21(17-9-5-3-6-10-17)23-22(24)20-14-13-18(27-20)15-28(25,26)19-11-7-4-8-12-19/h3-14,16,21H,15H2,1-2H3,(H,23,24)/t21-/m1/s1. The topological polar surface area (TPSA) is 76.4 Å². The first-order valence-electron chi connectivity index (χ1n) is 9.09. The Morgan fingerprint density at radius 2 is 1.54 bits per heavy atom. The maximum absolute atomic E-state index is 12.6. The molecule has 1 heterocycles. The van der Waals surface area contributed by atoms with Crippen LogP contribution in [0.2, 0.25) is 0 Å². The van der Waals surface area contributed by atoms with Crippen molar-refractivity contribution >= 4 is 15.7 Å². The summed E-state index contributed by atoms with van der Waals surface area (Å²) in [7, 11) is -3.53. The molecule has 3 aromatic rings. The highest BCUT2D eigenvalue weighted by molar-refractivity contribution is 7.90. The van der Waals surface area contributed by atoms with Crippen LogP contribution in [-0.4, -0.2) is 14.3 Å². The van der Waals surface area contributed by atoms with E-state index < -0.39 is 9.84 Å². The average Bonchev–Trinajstić information content (AvgIpc) is 3.15. The number of carbonyl (C=O) groups excluding carboxylic acids is 1. The van der Waals surface area contributed by atoms with Crippen LogP contribution in [0.15, 0.2) is 82.1 Å². The Morgan fingerprint density at radius 3 is 2.14 bits per heavy atom. The van der Waals surface area contributed by atoms with Gasteiger partial charge in [0.25, 0.3) is 5.91 Å². The van der Waals surface area contributed by atoms with E-state index in [1.165, 1.54) is 12.1 Å². The molecule has 0 aliphatic heterocycles. The third-order valence-electron chi connectivity index (χ3n) is 4.43. The van der Waals surface area contributed by atoms with E-state index in [9.17, 15) is 13.2 Å². The first-order chi connectivity index (χ1) is 13.4. The molecule has 0 spiro atoms. The fraction of sp³-hybridized carbons (Fsp3) is 0.227. The highest BCUT2D eigenvalue weighted by Gasteiger charge is 2.22. The van der Waals surface area contributed by atoms with E-state index in [1.54, 1.807) is 30.3 Å². The molecule has 0 fully saturated rings. The molecule has 0 aliphatic carbocycles. The van der Waals surface area contributed by atoms with Crippen LogP contribution < -0.4 is 5.32 Å². The molecule has 0 saturated heterocycles. The number of furan rings is 1. The largest absolute Gasteiger partial charge is 0.455 e. The van der Waals surface area contributed by atoms with Gasteiger partial charge in [0.05, 0.1) is 10.9 Å². The summed E-state index contributed by atoms with van der Waals surface area (Å²) < 4.78 is 30.5. The zero-order valence-corrected chi connectivity index (χ0v) is 16.6. The molecule has 146 valence electrons. The van der Waals surface area contributed by atoms with Crippen LogP contribution in [0, 0.1) is 5.92 Å². The lowest BCUT2D eigenvalue weighted by Gasteiger charge is -2.22. The number of hydrogen-bond donors (Lipinski definition) is 1. The van der Waals surface area contributed by atoms with Gasteiger partial charge in [0.15, 0.2) is 15.6 Å². The Balaban J connectivity index is 1.73. The van der Waals surface area contributed by atoms with E-state index in [0.29, 0.717) is 0 Å². The number of sulfone groups is 1. The highest BCUT2D eigenvalue weighted by atomic mass is 32.2. The van der Waals surface area contributed by atoms with E-state index in [4.69, 9.17) is 4.42 Å². The first-order valence-corrected chi connectivity index (χ1v) is 10.7. The lowest BCUT2D eigenvalue weighted by atomic mass is 9.96. The van der Waals surface area contributed by atoms with Gasteiger partial charge in [-0.3, -0.25) is 4.79 Å². The van der Waals surface area contributed by atoms with Crippen molar-refractivity contribution in [3.8, 4) is 0 Å². The van der Waals surface area contributed by atoms with Crippen LogP contribution in [0.3, 0.4) is 0 Å². The summed E-state index contributed by atoms with van der Waals surface area (Å²) >= 11 is 0. The fourth-order valence-corrected chi connectivity index (χ4v) is 4.25. The molecule has 0 saturated carbocycles. The molecule has 3 rings (SSSR count). The van der Waals surface area contributed by atoms with Gasteiger partial charge in [-0.2, -0.15) is 0 Å². The van der Waals surface area contributed by atoms with Crippen molar-refractivity contribution in [3.63, 3.8) is 0 Å². The van der Waals surface area contributed by atoms with E-state index >= 15 is 0 Å². The minimum Gasteiger partial charge on any atom is -0.455 e. The number of amides is 1. The molecule has 0 aliphatic rings. The zero-order valence-electron chi connectivity index (χ0n) is 15.8. The Hall–Kier alpha value is -2.86. The van der Waals surface area contributed by atoms with Gasteiger partial charge in [-0.1, -0.05) is 62.4 Å². The molecular weight excluding hydrogens is 374 g/mol. The van der Waals surface area contributed by atoms with Crippen molar-refractivity contribution in [2.24, 2.45) is 5.92 Å². The fourth-order valence-electron chi connectivity index (χ4n) is 2.98. The van der Waals surface area contributed by atoms with Crippen LogP contribution in [0.5, 0.6) is 0 Å². The molecule has 5 nitrogen and oxygen atoms in total. The van der Waals surface area contributed by atoms with Crippen LogP contribution >= 0.6 is 0 Å². The molecule has 1 aromatic heterocycles. The van der Waals surface area contributed by atoms with Gasteiger partial charge in [-0.05, 0) is 35.7 Å². The molecule has 6 heteroatoms. The highest BCUT2D eigenvalue weighted by Crippen LogP contribution is 2.23. The van der Waals surface area contributed by atoms with Crippen LogP contribution in [0.1, 0.15) is 41.8 Å². The van der Waals surface area contributed by atoms with Crippen LogP contribution in [0.4, 0.5) is 0 Å².